The number of nitro benzene ring substituents is 2. The van der Waals surface area contributed by atoms with Crippen LogP contribution in [0.5, 0.6) is 11.5 Å². The van der Waals surface area contributed by atoms with Crippen LogP contribution >= 0.6 is 11.6 Å². The molecule has 0 saturated heterocycles. The number of halogens is 1. The highest BCUT2D eigenvalue weighted by Gasteiger charge is 2.19. The normalized spacial score (nSPS) is 10.3. The number of carbonyl (C=O) groups excluding carboxylic acids is 1. The molecule has 0 radical (unpaired) electrons. The van der Waals surface area contributed by atoms with Gasteiger partial charge in [0.2, 0.25) is 5.75 Å². The summed E-state index contributed by atoms with van der Waals surface area (Å²) in [6, 6.07) is 15.7. The largest absolute Gasteiger partial charge is 0.457 e. The van der Waals surface area contributed by atoms with Gasteiger partial charge < -0.3 is 9.47 Å². The first-order chi connectivity index (χ1) is 14.3. The van der Waals surface area contributed by atoms with Gasteiger partial charge in [0.1, 0.15) is 12.4 Å². The zero-order valence-electron chi connectivity index (χ0n) is 15.2. The quantitative estimate of drug-likeness (QED) is 0.284. The van der Waals surface area contributed by atoms with Crippen LogP contribution in [0.25, 0.3) is 0 Å². The van der Waals surface area contributed by atoms with Gasteiger partial charge in [-0.25, -0.2) is 4.79 Å². The van der Waals surface area contributed by atoms with Gasteiger partial charge in [-0.3, -0.25) is 20.2 Å². The predicted molar refractivity (Wildman–Crippen MR) is 107 cm³/mol. The van der Waals surface area contributed by atoms with Crippen molar-refractivity contribution >= 4 is 28.9 Å². The minimum absolute atomic E-state index is 0.0737. The fourth-order valence-electron chi connectivity index (χ4n) is 2.51. The van der Waals surface area contributed by atoms with Crippen LogP contribution in [0.15, 0.2) is 66.7 Å². The first-order valence-electron chi connectivity index (χ1n) is 8.46. The van der Waals surface area contributed by atoms with E-state index in [9.17, 15) is 25.0 Å². The molecule has 0 unspecified atom stereocenters. The molecule has 0 aromatic heterocycles. The molecular weight excluding hydrogens is 416 g/mol. The fraction of sp³-hybridized carbons (Fsp3) is 0.0500. The van der Waals surface area contributed by atoms with Gasteiger partial charge in [0.25, 0.3) is 5.69 Å². The summed E-state index contributed by atoms with van der Waals surface area (Å²) in [7, 11) is 0. The van der Waals surface area contributed by atoms with E-state index >= 15 is 0 Å². The number of benzene rings is 3. The molecule has 3 aromatic rings. The van der Waals surface area contributed by atoms with Crippen molar-refractivity contribution in [3.63, 3.8) is 0 Å². The molecule has 0 bridgehead atoms. The van der Waals surface area contributed by atoms with Crippen molar-refractivity contribution in [2.45, 2.75) is 6.61 Å². The maximum absolute atomic E-state index is 12.2. The van der Waals surface area contributed by atoms with E-state index in [0.717, 1.165) is 0 Å². The van der Waals surface area contributed by atoms with Crippen molar-refractivity contribution in [3.8, 4) is 11.5 Å². The van der Waals surface area contributed by atoms with Gasteiger partial charge in [-0.15, -0.1) is 0 Å². The minimum Gasteiger partial charge on any atom is -0.457 e. The highest BCUT2D eigenvalue weighted by atomic mass is 35.5. The van der Waals surface area contributed by atoms with E-state index in [2.05, 4.69) is 0 Å². The average molecular weight is 429 g/mol. The number of nitrogens with zero attached hydrogens (tertiary/aromatic N) is 2. The number of carbonyl (C=O) groups is 1. The lowest BCUT2D eigenvalue weighted by Gasteiger charge is -2.09. The van der Waals surface area contributed by atoms with Gasteiger partial charge in [-0.2, -0.15) is 0 Å². The average Bonchev–Trinajstić information content (AvgIpc) is 2.74. The number of hydrogen-bond acceptors (Lipinski definition) is 7. The molecule has 0 N–H and O–H groups in total. The van der Waals surface area contributed by atoms with Crippen molar-refractivity contribution in [1.82, 2.24) is 0 Å². The van der Waals surface area contributed by atoms with Crippen LogP contribution in [0.4, 0.5) is 11.4 Å². The topological polar surface area (TPSA) is 122 Å². The maximum Gasteiger partial charge on any atom is 0.338 e. The molecule has 30 heavy (non-hydrogen) atoms. The summed E-state index contributed by atoms with van der Waals surface area (Å²) in [5, 5.41) is 22.0. The lowest BCUT2D eigenvalue weighted by molar-refractivity contribution is -0.385. The van der Waals surface area contributed by atoms with Crippen LogP contribution in [-0.2, 0) is 11.3 Å². The third-order valence-electron chi connectivity index (χ3n) is 3.94. The number of ether oxygens (including phenoxy) is 2. The summed E-state index contributed by atoms with van der Waals surface area (Å²) in [6.45, 7) is -0.134. The van der Waals surface area contributed by atoms with E-state index in [-0.39, 0.29) is 40.1 Å². The molecule has 0 amide bonds. The van der Waals surface area contributed by atoms with E-state index < -0.39 is 15.8 Å². The third-order valence-corrected chi connectivity index (χ3v) is 4.24. The SMILES string of the molecule is O=C(OCc1cccc([N+](=O)[O-])c1)c1ccc(Oc2c(Cl)cccc2[N+](=O)[O-])cc1. The smallest absolute Gasteiger partial charge is 0.338 e. The van der Waals surface area contributed by atoms with Crippen molar-refractivity contribution in [2.24, 2.45) is 0 Å². The molecular formula is C20H13ClN2O7. The fourth-order valence-corrected chi connectivity index (χ4v) is 2.72. The Morgan fingerprint density at radius 1 is 0.933 bits per heavy atom. The van der Waals surface area contributed by atoms with Crippen LogP contribution in [0.2, 0.25) is 5.02 Å². The number of nitro groups is 2. The van der Waals surface area contributed by atoms with Crippen molar-refractivity contribution in [3.05, 3.63) is 103 Å². The Hall–Kier alpha value is -3.98. The first-order valence-corrected chi connectivity index (χ1v) is 8.84. The van der Waals surface area contributed by atoms with E-state index in [0.29, 0.717) is 5.56 Å². The summed E-state index contributed by atoms with van der Waals surface area (Å²) in [5.41, 5.74) is 0.298. The molecule has 0 fully saturated rings. The number of rotatable bonds is 7. The molecule has 0 spiro atoms. The molecule has 0 saturated carbocycles. The molecule has 0 atom stereocenters. The predicted octanol–water partition coefficient (Wildman–Crippen LogP) is 5.31. The number of non-ortho nitro benzene ring substituents is 1. The maximum atomic E-state index is 12.2. The summed E-state index contributed by atoms with van der Waals surface area (Å²) in [4.78, 5) is 33.0. The van der Waals surface area contributed by atoms with Crippen LogP contribution in [-0.4, -0.2) is 15.8 Å². The lowest BCUT2D eigenvalue weighted by Crippen LogP contribution is -2.05. The second-order valence-electron chi connectivity index (χ2n) is 5.97. The zero-order chi connectivity index (χ0) is 21.7. The second-order valence-corrected chi connectivity index (χ2v) is 6.38. The van der Waals surface area contributed by atoms with Crippen LogP contribution in [0.1, 0.15) is 15.9 Å². The molecule has 3 aromatic carbocycles. The summed E-state index contributed by atoms with van der Waals surface area (Å²) >= 11 is 5.99. The minimum atomic E-state index is -0.642. The molecule has 0 heterocycles. The Morgan fingerprint density at radius 3 is 2.30 bits per heavy atom. The first kappa shape index (κ1) is 20.7. The second kappa shape index (κ2) is 9.01. The van der Waals surface area contributed by atoms with Crippen LogP contribution < -0.4 is 4.74 Å². The monoisotopic (exact) mass is 428 g/mol. The van der Waals surface area contributed by atoms with Gasteiger partial charge in [0.15, 0.2) is 0 Å². The highest BCUT2D eigenvalue weighted by Crippen LogP contribution is 2.37. The molecule has 3 rings (SSSR count). The van der Waals surface area contributed by atoms with Crippen molar-refractivity contribution in [2.75, 3.05) is 0 Å². The van der Waals surface area contributed by atoms with Gasteiger partial charge >= 0.3 is 11.7 Å². The summed E-state index contributed by atoms with van der Waals surface area (Å²) < 4.78 is 10.7. The van der Waals surface area contributed by atoms with Gasteiger partial charge in [0.05, 0.1) is 20.4 Å². The van der Waals surface area contributed by atoms with Gasteiger partial charge in [-0.1, -0.05) is 29.8 Å². The Morgan fingerprint density at radius 2 is 1.63 bits per heavy atom. The van der Waals surface area contributed by atoms with Crippen molar-refractivity contribution < 1.29 is 24.1 Å². The molecule has 10 heteroatoms. The van der Waals surface area contributed by atoms with Gasteiger partial charge in [-0.05, 0) is 35.9 Å². The molecule has 9 nitrogen and oxygen atoms in total. The Kier molecular flexibility index (Phi) is 6.23. The molecule has 152 valence electrons. The highest BCUT2D eigenvalue weighted by molar-refractivity contribution is 6.32. The number of para-hydroxylation sites is 1. The zero-order valence-corrected chi connectivity index (χ0v) is 15.9. The van der Waals surface area contributed by atoms with Gasteiger partial charge in [0, 0.05) is 18.2 Å². The molecule has 0 aliphatic carbocycles. The molecule has 0 aliphatic rings. The number of hydrogen-bond donors (Lipinski definition) is 0. The van der Waals surface area contributed by atoms with E-state index in [1.807, 2.05) is 0 Å². The summed E-state index contributed by atoms with van der Waals surface area (Å²) in [5.74, 6) is -0.511. The Bertz CT molecular complexity index is 1120. The standard InChI is InChI=1S/C20H13ClN2O7/c21-17-5-2-6-18(23(27)28)19(17)30-16-9-7-14(8-10-16)20(24)29-12-13-3-1-4-15(11-13)22(25)26/h1-11H,12H2. The summed E-state index contributed by atoms with van der Waals surface area (Å²) in [6.07, 6.45) is 0. The van der Waals surface area contributed by atoms with E-state index in [1.54, 1.807) is 6.07 Å². The number of esters is 1. The molecule has 0 aliphatic heterocycles. The third kappa shape index (κ3) is 4.89. The van der Waals surface area contributed by atoms with E-state index in [1.165, 1.54) is 60.7 Å². The van der Waals surface area contributed by atoms with Crippen molar-refractivity contribution in [1.29, 1.82) is 0 Å². The Labute approximate surface area is 174 Å². The Balaban J connectivity index is 1.67. The van der Waals surface area contributed by atoms with Crippen LogP contribution in [0.3, 0.4) is 0 Å². The van der Waals surface area contributed by atoms with E-state index in [4.69, 9.17) is 21.1 Å². The lowest BCUT2D eigenvalue weighted by atomic mass is 10.2. The van der Waals surface area contributed by atoms with Crippen LogP contribution in [0, 0.1) is 20.2 Å².